The van der Waals surface area contributed by atoms with Crippen molar-refractivity contribution in [3.63, 3.8) is 0 Å². The first kappa shape index (κ1) is 66.4. The number of aromatic nitrogens is 1. The number of hydrogen-bond acceptors (Lipinski definition) is 20. The molecule has 22 nitrogen and oxygen atoms in total. The fourth-order valence-electron chi connectivity index (χ4n) is 12.6. The van der Waals surface area contributed by atoms with E-state index in [9.17, 15) is 48.0 Å². The summed E-state index contributed by atoms with van der Waals surface area (Å²) in [6, 6.07) is 3.24. The van der Waals surface area contributed by atoms with Gasteiger partial charge in [-0.1, -0.05) is 27.7 Å². The highest BCUT2D eigenvalue weighted by atomic mass is 32.2. The molecule has 23 heteroatoms. The van der Waals surface area contributed by atoms with E-state index in [-0.39, 0.29) is 60.4 Å². The van der Waals surface area contributed by atoms with Gasteiger partial charge in [0.25, 0.3) is 10.1 Å². The van der Waals surface area contributed by atoms with E-state index in [1.165, 1.54) is 34.3 Å². The Labute approximate surface area is 477 Å². The molecule has 0 spiro atoms. The zero-order valence-corrected chi connectivity index (χ0v) is 51.2. The van der Waals surface area contributed by atoms with Crippen molar-refractivity contribution >= 4 is 38.7 Å². The lowest BCUT2D eigenvalue weighted by Gasteiger charge is -2.50. The molecule has 4 aliphatic heterocycles. The molecular weight excluding hydrogens is 1070 g/mol. The number of rotatable bonds is 19. The number of unbranched alkanes of at least 4 members (excludes halogenated alkanes) is 1. The van der Waals surface area contributed by atoms with Crippen LogP contribution in [-0.4, -0.2) is 194 Å². The van der Waals surface area contributed by atoms with Crippen molar-refractivity contribution < 1.29 is 85.3 Å². The molecule has 18 atom stereocenters. The second kappa shape index (κ2) is 26.3. The summed E-state index contributed by atoms with van der Waals surface area (Å²) in [5.74, 6) is -6.20. The van der Waals surface area contributed by atoms with Crippen LogP contribution in [0.5, 0.6) is 5.75 Å². The van der Waals surface area contributed by atoms with Crippen molar-refractivity contribution in [3.05, 3.63) is 39.7 Å². The number of Topliss-reactive ketones (excluding diaryl/α,β-unsaturated/α-hetero) is 1. The summed E-state index contributed by atoms with van der Waals surface area (Å²) >= 11 is 0. The predicted molar refractivity (Wildman–Crippen MR) is 299 cm³/mol. The van der Waals surface area contributed by atoms with Gasteiger partial charge >= 0.3 is 11.9 Å². The van der Waals surface area contributed by atoms with Crippen LogP contribution in [-0.2, 0) is 69.0 Å². The fourth-order valence-corrected chi connectivity index (χ4v) is 13.7. The molecule has 0 unspecified atom stereocenters. The van der Waals surface area contributed by atoms with Gasteiger partial charge in [0, 0.05) is 57.2 Å². The van der Waals surface area contributed by atoms with Gasteiger partial charge in [0.1, 0.15) is 47.6 Å². The summed E-state index contributed by atoms with van der Waals surface area (Å²) in [6.07, 6.45) is -7.29. The molecule has 5 N–H and O–H groups in total. The molecule has 3 fully saturated rings. The lowest BCUT2D eigenvalue weighted by Crippen LogP contribution is -2.62. The number of pyridine rings is 1. The highest BCUT2D eigenvalue weighted by molar-refractivity contribution is 7.86. The molecule has 0 saturated carbocycles. The Balaban J connectivity index is 1.18. The number of esters is 1. The molecule has 2 aromatic rings. The molecule has 0 aliphatic carbocycles. The summed E-state index contributed by atoms with van der Waals surface area (Å²) in [6.45, 7) is 21.3. The Morgan fingerprint density at radius 3 is 2.16 bits per heavy atom. The number of carboxylic acid groups (broad SMARTS) is 1. The number of aryl methyl sites for hydroxylation is 1. The number of ketones is 1. The summed E-state index contributed by atoms with van der Waals surface area (Å²) in [5, 5.41) is 48.6. The van der Waals surface area contributed by atoms with Crippen molar-refractivity contribution in [3.8, 4) is 5.75 Å². The number of nitrogens with one attached hydrogen (secondary N) is 1. The molecule has 0 radical (unpaired) electrons. The maximum Gasteiger partial charge on any atom is 0.341 e. The first-order chi connectivity index (χ1) is 37.7. The maximum absolute atomic E-state index is 14.6. The first-order valence-corrected chi connectivity index (χ1v) is 30.2. The lowest BCUT2D eigenvalue weighted by molar-refractivity contribution is -0.317. The standard InChI is InChI=1S/C58H93N3O19S/c1-17-42-58(12,69)49(65)33(4)45(62)31(2)27-56(10,72-15)50(79-54-47(64)40(60(13)14)24-32(3)75-54)34(5)48(35(6)53(68)77-42)78-43-28-57(11,73-16)51(36(7)76-43)80-81(70,71)23-22-59-21-19-18-20-37-25-38-44-41(26-37)74-30-55(8,9)61(44)29-39(46(38)63)52(66)67/h25-26,29,31-36,40,42-43,47-51,54,59,64-65,69H,17-24,27-28,30H2,1-16H3,(H,66,67)/t31-,32-,33+,34+,35-,36+,40+,42-,43+,47-,48+,49-,50-,51+,54+,56-,57-,58-/m1/s1. The number of carbonyl (C=O) groups is 3. The van der Waals surface area contributed by atoms with Crippen LogP contribution in [0.25, 0.3) is 10.9 Å². The molecule has 5 heterocycles. The monoisotopic (exact) mass is 1170 g/mol. The zero-order valence-electron chi connectivity index (χ0n) is 50.4. The fraction of sp³-hybridized carbons (Fsp3) is 0.793. The normalized spacial score (nSPS) is 37.2. The van der Waals surface area contributed by atoms with E-state index >= 15 is 0 Å². The van der Waals surface area contributed by atoms with Crippen LogP contribution in [0.1, 0.15) is 138 Å². The number of nitrogens with zero attached hydrogens (tertiary/aromatic N) is 2. The van der Waals surface area contributed by atoms with Crippen molar-refractivity contribution in [1.29, 1.82) is 0 Å². The molecule has 4 aliphatic rings. The number of ether oxygens (including phenoxy) is 8. The van der Waals surface area contributed by atoms with Crippen LogP contribution in [0, 0.1) is 23.7 Å². The van der Waals surface area contributed by atoms with Gasteiger partial charge in [0.15, 0.2) is 12.6 Å². The van der Waals surface area contributed by atoms with Crippen LogP contribution < -0.4 is 15.5 Å². The van der Waals surface area contributed by atoms with Gasteiger partial charge < -0.3 is 73.1 Å². The molecular formula is C58H93N3O19S. The molecule has 3 saturated heterocycles. The summed E-state index contributed by atoms with van der Waals surface area (Å²) in [4.78, 5) is 56.0. The average molecular weight is 1170 g/mol. The van der Waals surface area contributed by atoms with Crippen LogP contribution in [0.15, 0.2) is 23.1 Å². The second-order valence-corrected chi connectivity index (χ2v) is 26.5. The van der Waals surface area contributed by atoms with Gasteiger partial charge in [-0.2, -0.15) is 8.42 Å². The quantitative estimate of drug-likeness (QED) is 0.0733. The number of aromatic carboxylic acids is 1. The van der Waals surface area contributed by atoms with Gasteiger partial charge in [0.2, 0.25) is 5.43 Å². The van der Waals surface area contributed by atoms with E-state index < -0.39 is 129 Å². The molecule has 81 heavy (non-hydrogen) atoms. The number of benzene rings is 1. The Morgan fingerprint density at radius 1 is 0.889 bits per heavy atom. The molecule has 0 amide bonds. The number of cyclic esters (lactones) is 1. The highest BCUT2D eigenvalue weighted by Gasteiger charge is 2.55. The molecule has 460 valence electrons. The minimum absolute atomic E-state index is 0.0305. The Bertz CT molecular complexity index is 2700. The SMILES string of the molecule is CC[C@H]1OC(=O)[C@H](C)[C@@H](O[C@H]2C[C@@](C)(OC)[C@@H](OS(=O)(=O)CCNCCCCc3cc4c5c(c3)c(=O)c(C(=O)O)cn5C(C)(C)CO4)[C@H](C)O2)[C@H](C)[C@@H](O[C@@H]2O[C@H](C)C[C@H](N(C)C)[C@H]2O)[C@](C)(OC)C[C@@H](C)C(=O)[C@H](C)[C@@H](O)[C@]1(C)O. The largest absolute Gasteiger partial charge is 0.489 e. The van der Waals surface area contributed by atoms with Gasteiger partial charge in [0.05, 0.1) is 69.8 Å². The molecule has 6 rings (SSSR count). The first-order valence-electron chi connectivity index (χ1n) is 28.6. The number of aliphatic hydroxyl groups excluding tert-OH is 2. The van der Waals surface area contributed by atoms with Crippen molar-refractivity contribution in [2.45, 2.75) is 218 Å². The minimum Gasteiger partial charge on any atom is -0.489 e. The number of hydrogen-bond donors (Lipinski definition) is 5. The van der Waals surface area contributed by atoms with Gasteiger partial charge in [-0.25, -0.2) is 4.79 Å². The number of likely N-dealkylation sites (N-methyl/N-ethyl adjacent to an activating group) is 1. The third-order valence-corrected chi connectivity index (χ3v) is 18.9. The smallest absolute Gasteiger partial charge is 0.341 e. The van der Waals surface area contributed by atoms with E-state index in [2.05, 4.69) is 5.32 Å². The topological polar surface area (TPSA) is 287 Å². The van der Waals surface area contributed by atoms with Crippen LogP contribution in [0.2, 0.25) is 0 Å². The van der Waals surface area contributed by atoms with Gasteiger partial charge in [-0.05, 0) is 132 Å². The van der Waals surface area contributed by atoms with Crippen molar-refractivity contribution in [2.24, 2.45) is 23.7 Å². The highest BCUT2D eigenvalue weighted by Crippen LogP contribution is 2.43. The zero-order chi connectivity index (χ0) is 60.5. The number of methoxy groups -OCH3 is 2. The Kier molecular flexibility index (Phi) is 21.6. The number of carbonyl (C=O) groups excluding carboxylic acids is 2. The van der Waals surface area contributed by atoms with Gasteiger partial charge in [-0.3, -0.25) is 18.6 Å². The minimum atomic E-state index is -4.21. The third-order valence-electron chi connectivity index (χ3n) is 17.7. The molecule has 1 aromatic heterocycles. The van der Waals surface area contributed by atoms with E-state index in [0.29, 0.717) is 50.1 Å². The lowest BCUT2D eigenvalue weighted by atomic mass is 9.74. The van der Waals surface area contributed by atoms with E-state index in [0.717, 1.165) is 5.56 Å². The van der Waals surface area contributed by atoms with Crippen LogP contribution >= 0.6 is 0 Å². The Hall–Kier alpha value is -3.69. The van der Waals surface area contributed by atoms with E-state index in [4.69, 9.17) is 42.1 Å². The van der Waals surface area contributed by atoms with E-state index in [1.54, 1.807) is 59.1 Å². The van der Waals surface area contributed by atoms with Crippen molar-refractivity contribution in [1.82, 2.24) is 14.8 Å². The third kappa shape index (κ3) is 14.5. The molecule has 1 aromatic carbocycles. The predicted octanol–water partition coefficient (Wildman–Crippen LogP) is 4.55. The second-order valence-electron chi connectivity index (χ2n) is 24.8. The summed E-state index contributed by atoms with van der Waals surface area (Å²) in [5.41, 5.74) is -4.85. The Morgan fingerprint density at radius 2 is 1.54 bits per heavy atom. The van der Waals surface area contributed by atoms with Crippen LogP contribution in [0.4, 0.5) is 0 Å². The summed E-state index contributed by atoms with van der Waals surface area (Å²) in [7, 11) is 2.39. The summed E-state index contributed by atoms with van der Waals surface area (Å²) < 4.78 is 86.3. The number of aliphatic hydroxyl groups is 3. The van der Waals surface area contributed by atoms with Crippen LogP contribution in [0.3, 0.4) is 0 Å². The van der Waals surface area contributed by atoms with Crippen molar-refractivity contribution in [2.75, 3.05) is 53.8 Å². The number of carboxylic acids is 1. The maximum atomic E-state index is 14.6. The van der Waals surface area contributed by atoms with Gasteiger partial charge in [-0.15, -0.1) is 0 Å². The molecule has 0 bridgehead atoms. The average Bonchev–Trinajstić information content (AvgIpc) is 3.42. The van der Waals surface area contributed by atoms with E-state index in [1.807, 2.05) is 45.8 Å².